The fraction of sp³-hybridized carbons (Fsp3) is 0.150. The molecule has 2 atom stereocenters. The van der Waals surface area contributed by atoms with Gasteiger partial charge in [0.2, 0.25) is 0 Å². The van der Waals surface area contributed by atoms with Crippen LogP contribution in [0.25, 0.3) is 16.9 Å². The fourth-order valence-electron chi connectivity index (χ4n) is 3.30. The largest absolute Gasteiger partial charge is 0.367 e. The highest BCUT2D eigenvalue weighted by Gasteiger charge is 2.38. The van der Waals surface area contributed by atoms with Crippen LogP contribution in [0.1, 0.15) is 17.9 Å². The van der Waals surface area contributed by atoms with Crippen molar-refractivity contribution in [3.8, 4) is 11.3 Å². The predicted molar refractivity (Wildman–Crippen MR) is 97.4 cm³/mol. The molecule has 0 aliphatic heterocycles. The lowest BCUT2D eigenvalue weighted by atomic mass is 10.1. The van der Waals surface area contributed by atoms with Crippen LogP contribution in [0.15, 0.2) is 73.2 Å². The van der Waals surface area contributed by atoms with Crippen LogP contribution in [0.2, 0.25) is 0 Å². The van der Waals surface area contributed by atoms with Crippen LogP contribution in [0, 0.1) is 0 Å². The van der Waals surface area contributed by atoms with Gasteiger partial charge < -0.3 is 5.32 Å². The number of hydrogen-bond acceptors (Lipinski definition) is 4. The number of fused-ring (bicyclic) bond motifs is 1. The highest BCUT2D eigenvalue weighted by molar-refractivity contribution is 5.66. The molecule has 1 aromatic carbocycles. The average molecular weight is 327 g/mol. The van der Waals surface area contributed by atoms with Gasteiger partial charge in [-0.25, -0.2) is 4.98 Å². The second kappa shape index (κ2) is 5.70. The Bertz CT molecular complexity index is 1010. The summed E-state index contributed by atoms with van der Waals surface area (Å²) in [5, 5.41) is 8.06. The molecule has 1 fully saturated rings. The minimum Gasteiger partial charge on any atom is -0.367 e. The molecule has 3 heterocycles. The van der Waals surface area contributed by atoms with Gasteiger partial charge in [-0.15, -0.1) is 0 Å². The van der Waals surface area contributed by atoms with Crippen molar-refractivity contribution < 1.29 is 0 Å². The molecule has 3 aromatic heterocycles. The number of anilines is 1. The maximum absolute atomic E-state index is 4.70. The van der Waals surface area contributed by atoms with Crippen molar-refractivity contribution in [2.45, 2.75) is 18.4 Å². The molecule has 25 heavy (non-hydrogen) atoms. The van der Waals surface area contributed by atoms with Gasteiger partial charge in [0.1, 0.15) is 5.82 Å². The molecule has 122 valence electrons. The summed E-state index contributed by atoms with van der Waals surface area (Å²) in [6, 6.07) is 19.0. The third-order valence-electron chi connectivity index (χ3n) is 4.69. The van der Waals surface area contributed by atoms with E-state index >= 15 is 0 Å². The Labute approximate surface area is 145 Å². The first-order chi connectivity index (χ1) is 12.4. The highest BCUT2D eigenvalue weighted by atomic mass is 15.3. The van der Waals surface area contributed by atoms with E-state index in [2.05, 4.69) is 51.8 Å². The summed E-state index contributed by atoms with van der Waals surface area (Å²) < 4.78 is 1.87. The van der Waals surface area contributed by atoms with Crippen molar-refractivity contribution >= 4 is 11.5 Å². The quantitative estimate of drug-likeness (QED) is 0.620. The smallest absolute Gasteiger partial charge is 0.157 e. The zero-order valence-electron chi connectivity index (χ0n) is 13.6. The zero-order chi connectivity index (χ0) is 16.6. The summed E-state index contributed by atoms with van der Waals surface area (Å²) in [5.41, 5.74) is 4.21. The predicted octanol–water partition coefficient (Wildman–Crippen LogP) is 3.76. The normalized spacial score (nSPS) is 19.0. The van der Waals surface area contributed by atoms with E-state index in [1.807, 2.05) is 22.7 Å². The van der Waals surface area contributed by atoms with E-state index in [0.29, 0.717) is 12.0 Å². The fourth-order valence-corrected chi connectivity index (χ4v) is 3.30. The third kappa shape index (κ3) is 2.63. The lowest BCUT2D eigenvalue weighted by molar-refractivity contribution is 0.917. The van der Waals surface area contributed by atoms with Crippen LogP contribution in [0.5, 0.6) is 0 Å². The Kier molecular flexibility index (Phi) is 3.23. The molecular formula is C20H17N5. The molecule has 0 saturated heterocycles. The summed E-state index contributed by atoms with van der Waals surface area (Å²) >= 11 is 0. The van der Waals surface area contributed by atoms with Gasteiger partial charge in [-0.1, -0.05) is 30.3 Å². The van der Waals surface area contributed by atoms with Crippen molar-refractivity contribution in [1.29, 1.82) is 0 Å². The van der Waals surface area contributed by atoms with E-state index in [4.69, 9.17) is 4.98 Å². The van der Waals surface area contributed by atoms with Crippen LogP contribution in [0.3, 0.4) is 0 Å². The minimum atomic E-state index is 0.433. The van der Waals surface area contributed by atoms with Gasteiger partial charge in [-0.05, 0) is 24.1 Å². The third-order valence-corrected chi connectivity index (χ3v) is 4.69. The zero-order valence-corrected chi connectivity index (χ0v) is 13.6. The molecule has 5 heteroatoms. The van der Waals surface area contributed by atoms with Crippen molar-refractivity contribution in [3.05, 3.63) is 78.8 Å². The number of hydrogen-bond donors (Lipinski definition) is 1. The van der Waals surface area contributed by atoms with Gasteiger partial charge in [-0.3, -0.25) is 4.98 Å². The summed E-state index contributed by atoms with van der Waals surface area (Å²) in [7, 11) is 0. The summed E-state index contributed by atoms with van der Waals surface area (Å²) in [5.74, 6) is 1.54. The lowest BCUT2D eigenvalue weighted by Crippen LogP contribution is -2.10. The van der Waals surface area contributed by atoms with Crippen LogP contribution in [-0.2, 0) is 0 Å². The number of nitrogens with one attached hydrogen (secondary N) is 1. The molecule has 1 saturated carbocycles. The lowest BCUT2D eigenvalue weighted by Gasteiger charge is -2.11. The second-order valence-electron chi connectivity index (χ2n) is 6.37. The van der Waals surface area contributed by atoms with E-state index in [1.54, 1.807) is 18.6 Å². The first kappa shape index (κ1) is 14.2. The Morgan fingerprint density at radius 1 is 0.960 bits per heavy atom. The van der Waals surface area contributed by atoms with Crippen molar-refractivity contribution in [2.75, 3.05) is 5.32 Å². The van der Waals surface area contributed by atoms with E-state index in [0.717, 1.165) is 29.1 Å². The standard InChI is InChI=1S/C20H17N5/c1-2-4-14(5-3-1)16-12-18(16)24-20-13-17(15-6-9-21-10-7-15)23-19-8-11-22-25(19)20/h1-11,13,16,18,24H,12H2/t16-,18+/m0/s1. The van der Waals surface area contributed by atoms with Gasteiger partial charge in [0.05, 0.1) is 11.9 Å². The summed E-state index contributed by atoms with van der Waals surface area (Å²) in [6.45, 7) is 0. The molecule has 1 aliphatic carbocycles. The number of aromatic nitrogens is 4. The highest BCUT2D eigenvalue weighted by Crippen LogP contribution is 2.42. The molecule has 0 radical (unpaired) electrons. The van der Waals surface area contributed by atoms with E-state index in [-0.39, 0.29) is 0 Å². The number of rotatable bonds is 4. The molecule has 5 nitrogen and oxygen atoms in total. The van der Waals surface area contributed by atoms with Gasteiger partial charge in [-0.2, -0.15) is 9.61 Å². The molecule has 0 bridgehead atoms. The van der Waals surface area contributed by atoms with Crippen molar-refractivity contribution in [3.63, 3.8) is 0 Å². The second-order valence-corrected chi connectivity index (χ2v) is 6.37. The molecule has 0 unspecified atom stereocenters. The van der Waals surface area contributed by atoms with Crippen molar-refractivity contribution in [2.24, 2.45) is 0 Å². The minimum absolute atomic E-state index is 0.433. The Morgan fingerprint density at radius 3 is 2.64 bits per heavy atom. The SMILES string of the molecule is c1ccc([C@@H]2C[C@H]2Nc2cc(-c3ccncc3)nc3ccnn23)cc1. The molecule has 1 N–H and O–H groups in total. The number of nitrogens with zero attached hydrogens (tertiary/aromatic N) is 4. The van der Waals surface area contributed by atoms with Crippen LogP contribution >= 0.6 is 0 Å². The van der Waals surface area contributed by atoms with Gasteiger partial charge in [0.15, 0.2) is 5.65 Å². The van der Waals surface area contributed by atoms with E-state index in [9.17, 15) is 0 Å². The van der Waals surface area contributed by atoms with Gasteiger partial charge in [0, 0.05) is 42.0 Å². The molecule has 0 spiro atoms. The van der Waals surface area contributed by atoms with Crippen LogP contribution < -0.4 is 5.32 Å². The van der Waals surface area contributed by atoms with Crippen molar-refractivity contribution in [1.82, 2.24) is 19.6 Å². The molecule has 4 aromatic rings. The summed E-state index contributed by atoms with van der Waals surface area (Å²) in [4.78, 5) is 8.79. The number of benzene rings is 1. The topological polar surface area (TPSA) is 55.1 Å². The van der Waals surface area contributed by atoms with Gasteiger partial charge in [0.25, 0.3) is 0 Å². The maximum Gasteiger partial charge on any atom is 0.157 e. The summed E-state index contributed by atoms with van der Waals surface area (Å²) in [6.07, 6.45) is 6.50. The molecule has 5 rings (SSSR count). The molecular weight excluding hydrogens is 310 g/mol. The Hall–Kier alpha value is -3.21. The first-order valence-electron chi connectivity index (χ1n) is 8.45. The maximum atomic E-state index is 4.70. The Balaban J connectivity index is 1.48. The average Bonchev–Trinajstić information content (AvgIpc) is 3.27. The van der Waals surface area contributed by atoms with E-state index in [1.165, 1.54) is 5.56 Å². The van der Waals surface area contributed by atoms with Crippen LogP contribution in [0.4, 0.5) is 5.82 Å². The van der Waals surface area contributed by atoms with Crippen LogP contribution in [-0.4, -0.2) is 25.6 Å². The Morgan fingerprint density at radius 2 is 1.80 bits per heavy atom. The van der Waals surface area contributed by atoms with Gasteiger partial charge >= 0.3 is 0 Å². The first-order valence-corrected chi connectivity index (χ1v) is 8.45. The monoisotopic (exact) mass is 327 g/mol. The molecule has 0 amide bonds. The van der Waals surface area contributed by atoms with E-state index < -0.39 is 0 Å². The number of pyridine rings is 1. The molecule has 1 aliphatic rings.